The summed E-state index contributed by atoms with van der Waals surface area (Å²) in [5.41, 5.74) is 11.2. The molecule has 0 N–H and O–H groups in total. The molecule has 0 saturated heterocycles. The Morgan fingerprint density at radius 1 is 0.725 bits per heavy atom. The van der Waals surface area contributed by atoms with Gasteiger partial charge in [0.2, 0.25) is 0 Å². The van der Waals surface area contributed by atoms with Crippen LogP contribution in [0.1, 0.15) is 89.4 Å². The van der Waals surface area contributed by atoms with Crippen molar-refractivity contribution in [2.45, 2.75) is 86.0 Å². The van der Waals surface area contributed by atoms with E-state index in [9.17, 15) is 0 Å². The average molecular weight is 765 g/mol. The van der Waals surface area contributed by atoms with Crippen LogP contribution in [-0.4, -0.2) is 19.3 Å². The van der Waals surface area contributed by atoms with Crippen molar-refractivity contribution in [1.29, 1.82) is 0 Å². The molecule has 0 bridgehead atoms. The summed E-state index contributed by atoms with van der Waals surface area (Å²) in [4.78, 5) is 4.78. The van der Waals surface area contributed by atoms with Crippen molar-refractivity contribution in [3.63, 3.8) is 0 Å². The van der Waals surface area contributed by atoms with Crippen molar-refractivity contribution in [2.75, 3.05) is 0 Å². The molecule has 0 aliphatic heterocycles. The van der Waals surface area contributed by atoms with Crippen LogP contribution in [0.25, 0.3) is 44.4 Å². The van der Waals surface area contributed by atoms with E-state index in [-0.39, 0.29) is 31.3 Å². The van der Waals surface area contributed by atoms with Gasteiger partial charge in [0.1, 0.15) is 5.82 Å². The summed E-state index contributed by atoms with van der Waals surface area (Å²) in [6.45, 7) is 22.3. The number of aryl methyl sites for hydroxylation is 1. The molecule has 6 heteroatoms. The summed E-state index contributed by atoms with van der Waals surface area (Å²) in [5.74, 6) is 2.47. The molecular weight excluding hydrogens is 719 g/mol. The van der Waals surface area contributed by atoms with Gasteiger partial charge in [-0.15, -0.1) is 35.7 Å². The van der Waals surface area contributed by atoms with Crippen LogP contribution < -0.4 is 4.74 Å². The van der Waals surface area contributed by atoms with Crippen molar-refractivity contribution in [1.82, 2.24) is 19.3 Å². The maximum Gasteiger partial charge on any atom is 2.00 e. The predicted octanol–water partition coefficient (Wildman–Crippen LogP) is 11.8. The van der Waals surface area contributed by atoms with Crippen LogP contribution in [0, 0.1) is 26.0 Å². The van der Waals surface area contributed by atoms with Crippen LogP contribution in [0.15, 0.2) is 91.1 Å². The third kappa shape index (κ3) is 6.93. The zero-order chi connectivity index (χ0) is 35.5. The summed E-state index contributed by atoms with van der Waals surface area (Å²) >= 11 is 0. The van der Waals surface area contributed by atoms with Crippen molar-refractivity contribution in [3.05, 3.63) is 131 Å². The van der Waals surface area contributed by atoms with E-state index in [1.54, 1.807) is 0 Å². The van der Waals surface area contributed by atoms with E-state index in [1.807, 2.05) is 35.1 Å². The van der Waals surface area contributed by atoms with Gasteiger partial charge in [-0.1, -0.05) is 97.3 Å². The number of ether oxygens (including phenoxy) is 1. The number of aromatic nitrogens is 4. The molecule has 0 saturated carbocycles. The smallest absolute Gasteiger partial charge is 0.509 e. The number of nitrogens with zero attached hydrogens (tertiary/aromatic N) is 4. The van der Waals surface area contributed by atoms with Gasteiger partial charge in [-0.3, -0.25) is 4.68 Å². The van der Waals surface area contributed by atoms with Gasteiger partial charge in [-0.05, 0) is 82.1 Å². The number of hydrogen-bond donors (Lipinski definition) is 0. The predicted molar refractivity (Wildman–Crippen MR) is 206 cm³/mol. The van der Waals surface area contributed by atoms with E-state index in [0.717, 1.165) is 50.3 Å². The second kappa shape index (κ2) is 13.6. The SMILES string of the molecule is Cc1nn(-c2[c-]c(Oc3[c-]c4c(cc3)c3ccccc3n4-c3cc(C(C)C)ccn3)ccc2)c(C)c1-c1cc(C(C)(C)C)cc(C(C)(C)C)c1.[Pd+2]. The van der Waals surface area contributed by atoms with Crippen molar-refractivity contribution in [3.8, 4) is 34.1 Å². The van der Waals surface area contributed by atoms with Gasteiger partial charge in [-0.25, -0.2) is 4.98 Å². The van der Waals surface area contributed by atoms with E-state index in [0.29, 0.717) is 17.4 Å². The number of hydrogen-bond acceptors (Lipinski definition) is 3. The minimum absolute atomic E-state index is 0. The molecule has 3 heterocycles. The molecule has 5 nitrogen and oxygen atoms in total. The molecule has 3 aromatic heterocycles. The Morgan fingerprint density at radius 3 is 2.10 bits per heavy atom. The van der Waals surface area contributed by atoms with E-state index in [1.165, 1.54) is 22.3 Å². The summed E-state index contributed by atoms with van der Waals surface area (Å²) in [5, 5.41) is 7.28. The fraction of sp³-hybridized carbons (Fsp3) is 0.289. The number of para-hydroxylation sites is 1. The molecule has 262 valence electrons. The zero-order valence-corrected chi connectivity index (χ0v) is 32.8. The molecular formula is C45H46N4OPd. The Kier molecular flexibility index (Phi) is 9.66. The van der Waals surface area contributed by atoms with Crippen LogP contribution in [0.2, 0.25) is 0 Å². The molecule has 7 aromatic rings. The molecule has 0 aliphatic carbocycles. The molecule has 0 fully saturated rings. The molecule has 0 aliphatic rings. The first-order valence-corrected chi connectivity index (χ1v) is 17.5. The quantitative estimate of drug-likeness (QED) is 0.125. The summed E-state index contributed by atoms with van der Waals surface area (Å²) in [6.07, 6.45) is 1.89. The van der Waals surface area contributed by atoms with Crippen LogP contribution in [-0.2, 0) is 31.3 Å². The van der Waals surface area contributed by atoms with Crippen molar-refractivity contribution < 1.29 is 25.2 Å². The van der Waals surface area contributed by atoms with E-state index in [2.05, 4.69) is 147 Å². The fourth-order valence-corrected chi connectivity index (χ4v) is 6.76. The normalized spacial score (nSPS) is 12.1. The maximum absolute atomic E-state index is 6.48. The summed E-state index contributed by atoms with van der Waals surface area (Å²) in [7, 11) is 0. The number of rotatable bonds is 6. The van der Waals surface area contributed by atoms with Gasteiger partial charge < -0.3 is 9.30 Å². The van der Waals surface area contributed by atoms with Gasteiger partial charge >= 0.3 is 20.4 Å². The average Bonchev–Trinajstić information content (AvgIpc) is 3.56. The van der Waals surface area contributed by atoms with Crippen molar-refractivity contribution in [2.24, 2.45) is 0 Å². The van der Waals surface area contributed by atoms with Crippen LogP contribution in [0.3, 0.4) is 0 Å². The topological polar surface area (TPSA) is 44.9 Å². The Morgan fingerprint density at radius 2 is 1.41 bits per heavy atom. The van der Waals surface area contributed by atoms with Crippen LogP contribution >= 0.6 is 0 Å². The minimum atomic E-state index is 0. The Balaban J connectivity index is 0.00000448. The molecule has 0 radical (unpaired) electrons. The molecule has 51 heavy (non-hydrogen) atoms. The van der Waals surface area contributed by atoms with Gasteiger partial charge in [0.15, 0.2) is 0 Å². The molecule has 4 aromatic carbocycles. The first kappa shape index (κ1) is 36.3. The van der Waals surface area contributed by atoms with Crippen LogP contribution in [0.4, 0.5) is 0 Å². The van der Waals surface area contributed by atoms with E-state index >= 15 is 0 Å². The second-order valence-corrected chi connectivity index (χ2v) is 15.8. The molecule has 0 atom stereocenters. The number of pyridine rings is 1. The van der Waals surface area contributed by atoms with Gasteiger partial charge in [0.25, 0.3) is 0 Å². The first-order chi connectivity index (χ1) is 23.7. The molecule has 0 unspecified atom stereocenters. The number of benzene rings is 4. The summed E-state index contributed by atoms with van der Waals surface area (Å²) < 4.78 is 10.6. The Labute approximate surface area is 316 Å². The number of fused-ring (bicyclic) bond motifs is 3. The second-order valence-electron chi connectivity index (χ2n) is 15.8. The fourth-order valence-electron chi connectivity index (χ4n) is 6.76. The maximum atomic E-state index is 6.48. The van der Waals surface area contributed by atoms with E-state index in [4.69, 9.17) is 14.8 Å². The minimum Gasteiger partial charge on any atom is -0.509 e. The molecule has 0 spiro atoms. The largest absolute Gasteiger partial charge is 2.00 e. The molecule has 0 amide bonds. The first-order valence-electron chi connectivity index (χ1n) is 17.5. The third-order valence-electron chi connectivity index (χ3n) is 9.67. The Hall–Kier alpha value is -4.50. The van der Waals surface area contributed by atoms with Gasteiger partial charge in [-0.2, -0.15) is 17.2 Å². The standard InChI is InChI=1S/C45H46N4O.Pd/c1-28(2)31-20-21-46-42(24-31)48-40-17-12-11-16-38(40)39-19-18-37(27-41(39)48)50-36-15-13-14-35(26-36)49-30(4)43(29(3)47-49)32-22-33(44(5,6)7)25-34(23-32)45(8,9)10;/h11-25,28H,1-10H3;/q-2;+2. The zero-order valence-electron chi connectivity index (χ0n) is 31.3. The summed E-state index contributed by atoms with van der Waals surface area (Å²) in [6, 6.07) is 36.8. The van der Waals surface area contributed by atoms with Gasteiger partial charge in [0, 0.05) is 34.5 Å². The van der Waals surface area contributed by atoms with Crippen LogP contribution in [0.5, 0.6) is 11.5 Å². The third-order valence-corrected chi connectivity index (χ3v) is 9.67. The van der Waals surface area contributed by atoms with E-state index < -0.39 is 0 Å². The Bertz CT molecular complexity index is 2350. The molecule has 7 rings (SSSR count). The van der Waals surface area contributed by atoms with Gasteiger partial charge in [0.05, 0.1) is 5.69 Å². The van der Waals surface area contributed by atoms with Crippen molar-refractivity contribution >= 4 is 21.8 Å². The monoisotopic (exact) mass is 764 g/mol.